The van der Waals surface area contributed by atoms with Crippen molar-refractivity contribution in [1.29, 1.82) is 0 Å². The fourth-order valence-electron chi connectivity index (χ4n) is 4.57. The molecule has 2 aliphatic heterocycles. The molecule has 0 aliphatic carbocycles. The molecule has 1 unspecified atom stereocenters. The Hall–Kier alpha value is -2.11. The number of hydrogen-bond acceptors (Lipinski definition) is 2. The van der Waals surface area contributed by atoms with E-state index in [0.717, 1.165) is 37.8 Å². The van der Waals surface area contributed by atoms with Crippen LogP contribution < -0.4 is 10.6 Å². The summed E-state index contributed by atoms with van der Waals surface area (Å²) in [5.74, 6) is -0.197. The first-order valence-electron chi connectivity index (χ1n) is 9.90. The average Bonchev–Trinajstić information content (AvgIpc) is 2.64. The molecule has 4 rings (SSSR count). The molecule has 2 aromatic rings. The normalized spacial score (nSPS) is 24.6. The molecule has 148 valence electrons. The first-order valence-corrected chi connectivity index (χ1v) is 10.3. The van der Waals surface area contributed by atoms with Crippen LogP contribution in [-0.2, 0) is 6.54 Å². The molecular formula is C22H25ClFN3O. The monoisotopic (exact) mass is 401 g/mol. The van der Waals surface area contributed by atoms with Crippen LogP contribution in [0, 0.1) is 5.82 Å². The summed E-state index contributed by atoms with van der Waals surface area (Å²) in [6.45, 7) is 0.844. The van der Waals surface area contributed by atoms with Gasteiger partial charge >= 0.3 is 6.03 Å². The lowest BCUT2D eigenvalue weighted by molar-refractivity contribution is 0.0200. The van der Waals surface area contributed by atoms with Crippen molar-refractivity contribution in [2.45, 2.75) is 56.8 Å². The minimum atomic E-state index is -0.197. The number of nitrogens with one attached hydrogen (secondary N) is 2. The topological polar surface area (TPSA) is 44.4 Å². The Labute approximate surface area is 170 Å². The first kappa shape index (κ1) is 19.2. The van der Waals surface area contributed by atoms with Gasteiger partial charge in [0.05, 0.1) is 0 Å². The van der Waals surface area contributed by atoms with Crippen molar-refractivity contribution in [3.63, 3.8) is 0 Å². The van der Waals surface area contributed by atoms with Gasteiger partial charge in [0.1, 0.15) is 5.82 Å². The molecule has 2 fully saturated rings. The Kier molecular flexibility index (Phi) is 5.83. The molecule has 2 saturated heterocycles. The number of carbonyl (C=O) groups excluding carboxylic acids is 1. The lowest BCUT2D eigenvalue weighted by atomic mass is 9.81. The van der Waals surface area contributed by atoms with E-state index in [1.54, 1.807) is 12.1 Å². The van der Waals surface area contributed by atoms with Gasteiger partial charge < -0.3 is 10.6 Å². The number of piperidine rings is 2. The van der Waals surface area contributed by atoms with E-state index in [1.807, 2.05) is 24.3 Å². The number of anilines is 1. The van der Waals surface area contributed by atoms with E-state index in [9.17, 15) is 9.18 Å². The van der Waals surface area contributed by atoms with Gasteiger partial charge in [-0.1, -0.05) is 36.2 Å². The van der Waals surface area contributed by atoms with Crippen molar-refractivity contribution in [3.05, 3.63) is 64.9 Å². The van der Waals surface area contributed by atoms with Crippen LogP contribution >= 0.6 is 11.6 Å². The zero-order valence-electron chi connectivity index (χ0n) is 15.7. The Morgan fingerprint density at radius 3 is 2.50 bits per heavy atom. The van der Waals surface area contributed by atoms with Crippen LogP contribution in [0.25, 0.3) is 0 Å². The molecule has 2 bridgehead atoms. The van der Waals surface area contributed by atoms with Crippen LogP contribution in [0.1, 0.15) is 37.7 Å². The SMILES string of the molecule is O=C(Nc1cccc(Cl)c1)NC1C[C@H]2CCC[C@@H](C1)N2Cc1ccc(F)cc1. The smallest absolute Gasteiger partial charge is 0.319 e. The first-order chi connectivity index (χ1) is 13.6. The molecule has 2 aliphatic rings. The standard InChI is InChI=1S/C22H25ClFN3O/c23-16-3-1-4-18(11-16)25-22(28)26-19-12-20-5-2-6-21(13-19)27(20)14-15-7-9-17(24)10-8-15/h1,3-4,7-11,19-21H,2,5-6,12-14H2,(H2,25,26,28)/t19?,20-,21+. The summed E-state index contributed by atoms with van der Waals surface area (Å²) in [6, 6.07) is 14.8. The van der Waals surface area contributed by atoms with Gasteiger partial charge in [-0.15, -0.1) is 0 Å². The Bertz CT molecular complexity index is 815. The maximum absolute atomic E-state index is 13.2. The van der Waals surface area contributed by atoms with Gasteiger partial charge in [0.25, 0.3) is 0 Å². The second-order valence-corrected chi connectivity index (χ2v) is 8.25. The molecule has 6 heteroatoms. The van der Waals surface area contributed by atoms with E-state index in [-0.39, 0.29) is 17.9 Å². The molecule has 3 atom stereocenters. The van der Waals surface area contributed by atoms with Crippen molar-refractivity contribution in [1.82, 2.24) is 10.2 Å². The van der Waals surface area contributed by atoms with Gasteiger partial charge in [-0.25, -0.2) is 9.18 Å². The predicted octanol–water partition coefficient (Wildman–Crippen LogP) is 5.19. The van der Waals surface area contributed by atoms with Crippen LogP contribution in [0.2, 0.25) is 5.02 Å². The van der Waals surface area contributed by atoms with Crippen molar-refractivity contribution in [2.75, 3.05) is 5.32 Å². The van der Waals surface area contributed by atoms with Gasteiger partial charge in [0.2, 0.25) is 0 Å². The molecule has 0 saturated carbocycles. The zero-order valence-corrected chi connectivity index (χ0v) is 16.5. The number of halogens is 2. The summed E-state index contributed by atoms with van der Waals surface area (Å²) in [4.78, 5) is 14.9. The average molecular weight is 402 g/mol. The Balaban J connectivity index is 1.36. The quantitative estimate of drug-likeness (QED) is 0.740. The van der Waals surface area contributed by atoms with Gasteiger partial charge in [-0.2, -0.15) is 0 Å². The molecular weight excluding hydrogens is 377 g/mol. The van der Waals surface area contributed by atoms with Crippen LogP contribution in [0.5, 0.6) is 0 Å². The Morgan fingerprint density at radius 1 is 1.11 bits per heavy atom. The molecule has 2 N–H and O–H groups in total. The largest absolute Gasteiger partial charge is 0.335 e. The maximum atomic E-state index is 13.2. The van der Waals surface area contributed by atoms with Crippen molar-refractivity contribution >= 4 is 23.3 Å². The predicted molar refractivity (Wildman–Crippen MR) is 110 cm³/mol. The molecule has 2 amide bonds. The van der Waals surface area contributed by atoms with Gasteiger partial charge in [0.15, 0.2) is 0 Å². The molecule has 0 aromatic heterocycles. The number of rotatable bonds is 4. The third-order valence-electron chi connectivity index (χ3n) is 5.82. The minimum Gasteiger partial charge on any atom is -0.335 e. The van der Waals surface area contributed by atoms with E-state index >= 15 is 0 Å². The van der Waals surface area contributed by atoms with E-state index in [1.165, 1.54) is 18.6 Å². The van der Waals surface area contributed by atoms with Crippen LogP contribution in [0.15, 0.2) is 48.5 Å². The summed E-state index contributed by atoms with van der Waals surface area (Å²) in [6.07, 6.45) is 5.41. The van der Waals surface area contributed by atoms with E-state index in [4.69, 9.17) is 11.6 Å². The highest BCUT2D eigenvalue weighted by atomic mass is 35.5. The highest BCUT2D eigenvalue weighted by molar-refractivity contribution is 6.30. The van der Waals surface area contributed by atoms with Crippen molar-refractivity contribution < 1.29 is 9.18 Å². The van der Waals surface area contributed by atoms with Crippen LogP contribution in [-0.4, -0.2) is 29.1 Å². The number of benzene rings is 2. The van der Waals surface area contributed by atoms with Gasteiger partial charge in [-0.3, -0.25) is 4.90 Å². The molecule has 0 radical (unpaired) electrons. The molecule has 0 spiro atoms. The van der Waals surface area contributed by atoms with Gasteiger partial charge in [0, 0.05) is 35.4 Å². The summed E-state index contributed by atoms with van der Waals surface area (Å²) in [5.41, 5.74) is 1.84. The van der Waals surface area contributed by atoms with Gasteiger partial charge in [-0.05, 0) is 61.6 Å². The van der Waals surface area contributed by atoms with Crippen molar-refractivity contribution in [2.24, 2.45) is 0 Å². The number of nitrogens with zero attached hydrogens (tertiary/aromatic N) is 1. The number of fused-ring (bicyclic) bond motifs is 2. The number of urea groups is 1. The highest BCUT2D eigenvalue weighted by Crippen LogP contribution is 2.35. The molecule has 28 heavy (non-hydrogen) atoms. The summed E-state index contributed by atoms with van der Waals surface area (Å²) in [7, 11) is 0. The number of carbonyl (C=O) groups is 1. The summed E-state index contributed by atoms with van der Waals surface area (Å²) < 4.78 is 13.2. The van der Waals surface area contributed by atoms with Crippen molar-refractivity contribution in [3.8, 4) is 0 Å². The van der Waals surface area contributed by atoms with E-state index < -0.39 is 0 Å². The third kappa shape index (κ3) is 4.65. The van der Waals surface area contributed by atoms with Crippen LogP contribution in [0.3, 0.4) is 0 Å². The maximum Gasteiger partial charge on any atom is 0.319 e. The molecule has 4 nitrogen and oxygen atoms in total. The second kappa shape index (κ2) is 8.50. The summed E-state index contributed by atoms with van der Waals surface area (Å²) >= 11 is 5.98. The highest BCUT2D eigenvalue weighted by Gasteiger charge is 2.38. The molecule has 2 heterocycles. The third-order valence-corrected chi connectivity index (χ3v) is 6.06. The fourth-order valence-corrected chi connectivity index (χ4v) is 4.76. The number of amides is 2. The number of hydrogen-bond donors (Lipinski definition) is 2. The molecule has 2 aromatic carbocycles. The zero-order chi connectivity index (χ0) is 19.5. The second-order valence-electron chi connectivity index (χ2n) is 7.81. The lowest BCUT2D eigenvalue weighted by Crippen LogP contribution is -2.56. The van der Waals surface area contributed by atoms with E-state index in [2.05, 4.69) is 15.5 Å². The fraction of sp³-hybridized carbons (Fsp3) is 0.409. The minimum absolute atomic E-state index is 0.166. The Morgan fingerprint density at radius 2 is 1.82 bits per heavy atom. The lowest BCUT2D eigenvalue weighted by Gasteiger charge is -2.49. The summed E-state index contributed by atoms with van der Waals surface area (Å²) in [5, 5.41) is 6.60. The van der Waals surface area contributed by atoms with Crippen LogP contribution in [0.4, 0.5) is 14.9 Å². The van der Waals surface area contributed by atoms with E-state index in [0.29, 0.717) is 22.8 Å².